The number of hydrogen-bond acceptors (Lipinski definition) is 4. The van der Waals surface area contributed by atoms with E-state index in [2.05, 4.69) is 12.2 Å². The van der Waals surface area contributed by atoms with Crippen molar-refractivity contribution in [3.63, 3.8) is 0 Å². The number of benzene rings is 1. The SMILES string of the molecule is CCCOc1ccc(OCC(COC)NC)cc1. The zero-order valence-corrected chi connectivity index (χ0v) is 11.4. The highest BCUT2D eigenvalue weighted by Crippen LogP contribution is 2.17. The fourth-order valence-corrected chi connectivity index (χ4v) is 1.46. The average molecular weight is 253 g/mol. The van der Waals surface area contributed by atoms with E-state index in [1.807, 2.05) is 31.3 Å². The van der Waals surface area contributed by atoms with E-state index >= 15 is 0 Å². The number of likely N-dealkylation sites (N-methyl/N-ethyl adjacent to an activating group) is 1. The first-order valence-corrected chi connectivity index (χ1v) is 6.32. The van der Waals surface area contributed by atoms with Gasteiger partial charge < -0.3 is 19.5 Å². The summed E-state index contributed by atoms with van der Waals surface area (Å²) in [6, 6.07) is 7.89. The van der Waals surface area contributed by atoms with Crippen LogP contribution in [-0.4, -0.2) is 40.0 Å². The Morgan fingerprint density at radius 2 is 1.67 bits per heavy atom. The van der Waals surface area contributed by atoms with Gasteiger partial charge in [0.2, 0.25) is 0 Å². The quantitative estimate of drug-likeness (QED) is 0.731. The van der Waals surface area contributed by atoms with Crippen molar-refractivity contribution in [3.8, 4) is 11.5 Å². The molecule has 18 heavy (non-hydrogen) atoms. The molecule has 0 heterocycles. The van der Waals surface area contributed by atoms with Crippen molar-refractivity contribution in [2.75, 3.05) is 34.0 Å². The second-order valence-electron chi connectivity index (χ2n) is 4.07. The molecule has 4 heteroatoms. The maximum absolute atomic E-state index is 5.67. The molecular formula is C14H23NO3. The van der Waals surface area contributed by atoms with Crippen LogP contribution < -0.4 is 14.8 Å². The van der Waals surface area contributed by atoms with Crippen LogP contribution in [0.4, 0.5) is 0 Å². The lowest BCUT2D eigenvalue weighted by molar-refractivity contribution is 0.140. The zero-order chi connectivity index (χ0) is 13.2. The van der Waals surface area contributed by atoms with Gasteiger partial charge in [0.25, 0.3) is 0 Å². The highest BCUT2D eigenvalue weighted by molar-refractivity contribution is 5.31. The Labute approximate surface area is 109 Å². The molecule has 102 valence electrons. The first-order chi connectivity index (χ1) is 8.80. The number of methoxy groups -OCH3 is 1. The summed E-state index contributed by atoms with van der Waals surface area (Å²) < 4.78 is 16.3. The normalized spacial score (nSPS) is 12.2. The van der Waals surface area contributed by atoms with Gasteiger partial charge in [-0.3, -0.25) is 0 Å². The van der Waals surface area contributed by atoms with E-state index in [9.17, 15) is 0 Å². The van der Waals surface area contributed by atoms with E-state index in [1.165, 1.54) is 0 Å². The van der Waals surface area contributed by atoms with E-state index in [-0.39, 0.29) is 6.04 Å². The molecule has 0 fully saturated rings. The molecular weight excluding hydrogens is 230 g/mol. The van der Waals surface area contributed by atoms with Crippen molar-refractivity contribution in [2.45, 2.75) is 19.4 Å². The summed E-state index contributed by atoms with van der Waals surface area (Å²) in [7, 11) is 3.58. The molecule has 1 aromatic rings. The number of ether oxygens (including phenoxy) is 3. The summed E-state index contributed by atoms with van der Waals surface area (Å²) in [5.41, 5.74) is 0. The number of hydrogen-bond donors (Lipinski definition) is 1. The lowest BCUT2D eigenvalue weighted by Crippen LogP contribution is -2.35. The van der Waals surface area contributed by atoms with Crippen molar-refractivity contribution in [2.24, 2.45) is 0 Å². The van der Waals surface area contributed by atoms with Crippen LogP contribution >= 0.6 is 0 Å². The molecule has 0 bridgehead atoms. The molecule has 1 atom stereocenters. The van der Waals surface area contributed by atoms with Crippen LogP contribution in [0.3, 0.4) is 0 Å². The Bertz CT molecular complexity index is 313. The van der Waals surface area contributed by atoms with Gasteiger partial charge in [0.15, 0.2) is 0 Å². The van der Waals surface area contributed by atoms with Gasteiger partial charge in [-0.1, -0.05) is 6.92 Å². The molecule has 0 spiro atoms. The smallest absolute Gasteiger partial charge is 0.119 e. The van der Waals surface area contributed by atoms with E-state index in [0.29, 0.717) is 13.2 Å². The summed E-state index contributed by atoms with van der Waals surface area (Å²) in [5.74, 6) is 1.72. The highest BCUT2D eigenvalue weighted by atomic mass is 16.5. The average Bonchev–Trinajstić information content (AvgIpc) is 2.42. The maximum atomic E-state index is 5.67. The third-order valence-electron chi connectivity index (χ3n) is 2.52. The second-order valence-corrected chi connectivity index (χ2v) is 4.07. The third kappa shape index (κ3) is 5.38. The Hall–Kier alpha value is -1.26. The van der Waals surface area contributed by atoms with Gasteiger partial charge in [0, 0.05) is 7.11 Å². The van der Waals surface area contributed by atoms with E-state index in [4.69, 9.17) is 14.2 Å². The van der Waals surface area contributed by atoms with Crippen LogP contribution in [0, 0.1) is 0 Å². The minimum absolute atomic E-state index is 0.200. The fraction of sp³-hybridized carbons (Fsp3) is 0.571. The lowest BCUT2D eigenvalue weighted by atomic mass is 10.3. The predicted octanol–water partition coefficient (Wildman–Crippen LogP) is 2.09. The second kappa shape index (κ2) is 8.78. The molecule has 4 nitrogen and oxygen atoms in total. The molecule has 1 aromatic carbocycles. The minimum atomic E-state index is 0.200. The number of nitrogens with one attached hydrogen (secondary N) is 1. The van der Waals surface area contributed by atoms with E-state index in [1.54, 1.807) is 7.11 Å². The van der Waals surface area contributed by atoms with E-state index in [0.717, 1.165) is 24.5 Å². The van der Waals surface area contributed by atoms with Gasteiger partial charge >= 0.3 is 0 Å². The van der Waals surface area contributed by atoms with Crippen LogP contribution in [0.1, 0.15) is 13.3 Å². The molecule has 1 unspecified atom stereocenters. The van der Waals surface area contributed by atoms with Gasteiger partial charge in [0.1, 0.15) is 18.1 Å². The van der Waals surface area contributed by atoms with Crippen LogP contribution in [0.2, 0.25) is 0 Å². The van der Waals surface area contributed by atoms with Gasteiger partial charge in [-0.15, -0.1) is 0 Å². The summed E-state index contributed by atoms with van der Waals surface area (Å²) in [6.07, 6.45) is 1.01. The molecule has 0 aliphatic rings. The zero-order valence-electron chi connectivity index (χ0n) is 11.4. The van der Waals surface area contributed by atoms with Crippen molar-refractivity contribution >= 4 is 0 Å². The Morgan fingerprint density at radius 1 is 1.06 bits per heavy atom. The molecule has 0 saturated carbocycles. The van der Waals surface area contributed by atoms with Crippen molar-refractivity contribution in [1.29, 1.82) is 0 Å². The van der Waals surface area contributed by atoms with Gasteiger partial charge in [-0.25, -0.2) is 0 Å². The summed E-state index contributed by atoms with van der Waals surface area (Å²) in [4.78, 5) is 0. The maximum Gasteiger partial charge on any atom is 0.119 e. The van der Waals surface area contributed by atoms with Crippen molar-refractivity contribution in [3.05, 3.63) is 24.3 Å². The topological polar surface area (TPSA) is 39.7 Å². The molecule has 0 aliphatic heterocycles. The number of rotatable bonds is 9. The Morgan fingerprint density at radius 3 is 2.17 bits per heavy atom. The van der Waals surface area contributed by atoms with Gasteiger partial charge in [-0.2, -0.15) is 0 Å². The highest BCUT2D eigenvalue weighted by Gasteiger charge is 2.06. The third-order valence-corrected chi connectivity index (χ3v) is 2.52. The largest absolute Gasteiger partial charge is 0.494 e. The predicted molar refractivity (Wildman–Crippen MR) is 72.4 cm³/mol. The summed E-state index contributed by atoms with van der Waals surface area (Å²) in [5, 5.41) is 3.14. The fourth-order valence-electron chi connectivity index (χ4n) is 1.46. The molecule has 0 amide bonds. The lowest BCUT2D eigenvalue weighted by Gasteiger charge is -2.16. The van der Waals surface area contributed by atoms with Crippen molar-refractivity contribution < 1.29 is 14.2 Å². The Balaban J connectivity index is 2.38. The van der Waals surface area contributed by atoms with Crippen LogP contribution in [-0.2, 0) is 4.74 Å². The standard InChI is InChI=1S/C14H23NO3/c1-4-9-17-13-5-7-14(8-6-13)18-11-12(15-2)10-16-3/h5-8,12,15H,4,9-11H2,1-3H3. The molecule has 1 N–H and O–H groups in total. The van der Waals surface area contributed by atoms with Crippen LogP contribution in [0.15, 0.2) is 24.3 Å². The van der Waals surface area contributed by atoms with E-state index < -0.39 is 0 Å². The Kier molecular flexibility index (Phi) is 7.22. The summed E-state index contributed by atoms with van der Waals surface area (Å²) >= 11 is 0. The molecule has 0 saturated heterocycles. The summed E-state index contributed by atoms with van der Waals surface area (Å²) in [6.45, 7) is 4.05. The van der Waals surface area contributed by atoms with Crippen molar-refractivity contribution in [1.82, 2.24) is 5.32 Å². The first kappa shape index (κ1) is 14.8. The molecule has 0 aliphatic carbocycles. The molecule has 1 rings (SSSR count). The first-order valence-electron chi connectivity index (χ1n) is 6.32. The monoisotopic (exact) mass is 253 g/mol. The van der Waals surface area contributed by atoms with Crippen LogP contribution in [0.5, 0.6) is 11.5 Å². The molecule has 0 radical (unpaired) electrons. The van der Waals surface area contributed by atoms with Gasteiger partial charge in [-0.05, 0) is 37.7 Å². The van der Waals surface area contributed by atoms with Gasteiger partial charge in [0.05, 0.1) is 19.3 Å². The minimum Gasteiger partial charge on any atom is -0.494 e. The molecule has 0 aromatic heterocycles. The van der Waals surface area contributed by atoms with Crippen LogP contribution in [0.25, 0.3) is 0 Å².